The van der Waals surface area contributed by atoms with Crippen molar-refractivity contribution in [2.45, 2.75) is 0 Å². The summed E-state index contributed by atoms with van der Waals surface area (Å²) in [5.41, 5.74) is 9.77. The highest BCUT2D eigenvalue weighted by Crippen LogP contribution is 2.43. The van der Waals surface area contributed by atoms with E-state index in [1.165, 1.54) is 0 Å². The Hall–Kier alpha value is -7.57. The van der Waals surface area contributed by atoms with E-state index in [1.54, 1.807) is 0 Å². The Morgan fingerprint density at radius 3 is 1.47 bits per heavy atom. The molecule has 0 radical (unpaired) electrons. The summed E-state index contributed by atoms with van der Waals surface area (Å²) in [6.45, 7) is 0. The molecule has 4 heterocycles. The molecule has 55 heavy (non-hydrogen) atoms. The molecule has 8 aromatic carbocycles. The Morgan fingerprint density at radius 2 is 0.818 bits per heavy atom. The Bertz CT molecular complexity index is 3370. The van der Waals surface area contributed by atoms with Gasteiger partial charge in [-0.15, -0.1) is 0 Å². The average molecular weight is 706 g/mol. The van der Waals surface area contributed by atoms with Gasteiger partial charge in [0.1, 0.15) is 33.5 Å². The number of hydrogen-bond donors (Lipinski definition) is 0. The molecule has 0 unspecified atom stereocenters. The standard InChI is InChI=1S/C49H27N3O3/c1-2-11-28(12-3-1)36-27-39-45-35(17-10-20-44(45)55-46(39)34-16-5-4-13-31(34)36)49-51-47(29-21-23-42-37(25-29)32-14-6-8-18-40(32)53-42)50-48(52-49)30-22-24-43-38(26-30)33-15-7-9-19-41(33)54-43/h1-27H. The first-order valence-corrected chi connectivity index (χ1v) is 18.3. The molecule has 12 aromatic rings. The molecule has 0 aliphatic heterocycles. The minimum Gasteiger partial charge on any atom is -0.456 e. The van der Waals surface area contributed by atoms with Crippen molar-refractivity contribution in [1.82, 2.24) is 15.0 Å². The highest BCUT2D eigenvalue weighted by Gasteiger charge is 2.21. The van der Waals surface area contributed by atoms with Crippen LogP contribution in [0, 0.1) is 0 Å². The third-order valence-electron chi connectivity index (χ3n) is 10.7. The summed E-state index contributed by atoms with van der Waals surface area (Å²) < 4.78 is 19.1. The molecule has 0 spiro atoms. The molecule has 0 fully saturated rings. The fourth-order valence-electron chi connectivity index (χ4n) is 8.18. The summed E-state index contributed by atoms with van der Waals surface area (Å²) in [6, 6.07) is 55.8. The van der Waals surface area contributed by atoms with Crippen LogP contribution in [-0.4, -0.2) is 15.0 Å². The minimum atomic E-state index is 0.553. The lowest BCUT2D eigenvalue weighted by Crippen LogP contribution is -2.00. The second-order valence-corrected chi connectivity index (χ2v) is 13.9. The Balaban J connectivity index is 1.14. The normalized spacial score (nSPS) is 12.0. The molecule has 256 valence electrons. The third kappa shape index (κ3) is 4.58. The predicted molar refractivity (Wildman–Crippen MR) is 221 cm³/mol. The highest BCUT2D eigenvalue weighted by molar-refractivity contribution is 6.22. The molecule has 0 bridgehead atoms. The van der Waals surface area contributed by atoms with Gasteiger partial charge in [-0.1, -0.05) is 103 Å². The van der Waals surface area contributed by atoms with Crippen molar-refractivity contribution in [3.8, 4) is 45.3 Å². The second-order valence-electron chi connectivity index (χ2n) is 13.9. The van der Waals surface area contributed by atoms with Gasteiger partial charge in [0.05, 0.1) is 0 Å². The molecule has 0 aliphatic carbocycles. The van der Waals surface area contributed by atoms with Gasteiger partial charge >= 0.3 is 0 Å². The monoisotopic (exact) mass is 705 g/mol. The quantitative estimate of drug-likeness (QED) is 0.181. The van der Waals surface area contributed by atoms with E-state index in [9.17, 15) is 0 Å². The van der Waals surface area contributed by atoms with Gasteiger partial charge in [-0.3, -0.25) is 0 Å². The summed E-state index contributed by atoms with van der Waals surface area (Å²) >= 11 is 0. The molecule has 0 amide bonds. The first kappa shape index (κ1) is 29.9. The molecule has 0 aliphatic rings. The molecule has 6 heteroatoms. The maximum absolute atomic E-state index is 6.72. The number of aromatic nitrogens is 3. The van der Waals surface area contributed by atoms with E-state index in [0.29, 0.717) is 17.5 Å². The molecule has 0 N–H and O–H groups in total. The number of fused-ring (bicyclic) bond motifs is 11. The lowest BCUT2D eigenvalue weighted by Gasteiger charge is -2.10. The van der Waals surface area contributed by atoms with Gasteiger partial charge < -0.3 is 13.3 Å². The van der Waals surface area contributed by atoms with E-state index in [1.807, 2.05) is 78.9 Å². The number of para-hydroxylation sites is 2. The van der Waals surface area contributed by atoms with Crippen molar-refractivity contribution in [2.24, 2.45) is 0 Å². The molecular formula is C49H27N3O3. The van der Waals surface area contributed by atoms with Crippen LogP contribution in [-0.2, 0) is 0 Å². The molecule has 0 atom stereocenters. The minimum absolute atomic E-state index is 0.553. The molecule has 4 aromatic heterocycles. The zero-order valence-electron chi connectivity index (χ0n) is 29.2. The van der Waals surface area contributed by atoms with Gasteiger partial charge in [0.25, 0.3) is 0 Å². The van der Waals surface area contributed by atoms with Crippen LogP contribution in [0.15, 0.2) is 177 Å². The van der Waals surface area contributed by atoms with Crippen LogP contribution in [0.2, 0.25) is 0 Å². The maximum atomic E-state index is 6.72. The van der Waals surface area contributed by atoms with Crippen molar-refractivity contribution >= 4 is 76.6 Å². The second kappa shape index (κ2) is 11.5. The Morgan fingerprint density at radius 1 is 0.291 bits per heavy atom. The lowest BCUT2D eigenvalue weighted by atomic mass is 9.94. The van der Waals surface area contributed by atoms with Crippen molar-refractivity contribution in [2.75, 3.05) is 0 Å². The number of benzene rings is 8. The highest BCUT2D eigenvalue weighted by atomic mass is 16.3. The molecule has 6 nitrogen and oxygen atoms in total. The first-order chi connectivity index (χ1) is 27.2. The van der Waals surface area contributed by atoms with E-state index < -0.39 is 0 Å². The van der Waals surface area contributed by atoms with E-state index in [0.717, 1.165) is 104 Å². The van der Waals surface area contributed by atoms with E-state index in [4.69, 9.17) is 28.2 Å². The number of rotatable bonds is 4. The van der Waals surface area contributed by atoms with Gasteiger partial charge in [0.15, 0.2) is 17.5 Å². The van der Waals surface area contributed by atoms with Crippen molar-refractivity contribution in [3.63, 3.8) is 0 Å². The largest absolute Gasteiger partial charge is 0.456 e. The van der Waals surface area contributed by atoms with Gasteiger partial charge in [-0.25, -0.2) is 15.0 Å². The summed E-state index contributed by atoms with van der Waals surface area (Å²) in [5, 5.41) is 8.25. The van der Waals surface area contributed by atoms with Crippen molar-refractivity contribution in [1.29, 1.82) is 0 Å². The molecular weight excluding hydrogens is 679 g/mol. The smallest absolute Gasteiger partial charge is 0.164 e. The van der Waals surface area contributed by atoms with Gasteiger partial charge in [0, 0.05) is 54.4 Å². The van der Waals surface area contributed by atoms with Crippen LogP contribution in [0.1, 0.15) is 0 Å². The van der Waals surface area contributed by atoms with Gasteiger partial charge in [-0.2, -0.15) is 0 Å². The van der Waals surface area contributed by atoms with Crippen LogP contribution in [0.5, 0.6) is 0 Å². The van der Waals surface area contributed by atoms with Crippen LogP contribution >= 0.6 is 0 Å². The molecule has 0 saturated heterocycles. The first-order valence-electron chi connectivity index (χ1n) is 18.3. The van der Waals surface area contributed by atoms with Crippen molar-refractivity contribution in [3.05, 3.63) is 164 Å². The zero-order valence-corrected chi connectivity index (χ0v) is 29.2. The van der Waals surface area contributed by atoms with Crippen LogP contribution in [0.25, 0.3) is 122 Å². The van der Waals surface area contributed by atoms with E-state index in [2.05, 4.69) is 84.9 Å². The summed E-state index contributed by atoms with van der Waals surface area (Å²) in [6.07, 6.45) is 0. The number of hydrogen-bond acceptors (Lipinski definition) is 6. The number of nitrogens with zero attached hydrogens (tertiary/aromatic N) is 3. The van der Waals surface area contributed by atoms with Crippen molar-refractivity contribution < 1.29 is 13.3 Å². The Labute approximate surface area is 312 Å². The summed E-state index contributed by atoms with van der Waals surface area (Å²) in [4.78, 5) is 15.6. The lowest BCUT2D eigenvalue weighted by molar-refractivity contribution is 0.668. The Kier molecular flexibility index (Phi) is 6.24. The maximum Gasteiger partial charge on any atom is 0.164 e. The predicted octanol–water partition coefficient (Wildman–Crippen LogP) is 13.4. The summed E-state index contributed by atoms with van der Waals surface area (Å²) in [7, 11) is 0. The van der Waals surface area contributed by atoms with Gasteiger partial charge in [0.2, 0.25) is 0 Å². The van der Waals surface area contributed by atoms with E-state index >= 15 is 0 Å². The third-order valence-corrected chi connectivity index (χ3v) is 10.7. The zero-order chi connectivity index (χ0) is 36.0. The summed E-state index contributed by atoms with van der Waals surface area (Å²) in [5.74, 6) is 1.67. The topological polar surface area (TPSA) is 78.1 Å². The SMILES string of the molecule is c1ccc(-c2cc3c(oc4cccc(-c5nc(-c6ccc7oc8ccccc8c7c6)nc(-c6ccc7oc8ccccc8c7c6)n5)c43)c3ccccc23)cc1. The molecule has 0 saturated carbocycles. The number of furan rings is 3. The fraction of sp³-hybridized carbons (Fsp3) is 0. The van der Waals surface area contributed by atoms with Crippen LogP contribution < -0.4 is 0 Å². The van der Waals surface area contributed by atoms with Gasteiger partial charge in [-0.05, 0) is 77.2 Å². The average Bonchev–Trinajstić information content (AvgIpc) is 3.94. The molecule has 12 rings (SSSR count). The van der Waals surface area contributed by atoms with Crippen LogP contribution in [0.3, 0.4) is 0 Å². The fourth-order valence-corrected chi connectivity index (χ4v) is 8.18. The van der Waals surface area contributed by atoms with E-state index in [-0.39, 0.29) is 0 Å². The van der Waals surface area contributed by atoms with Crippen LogP contribution in [0.4, 0.5) is 0 Å².